The number of ether oxygens (including phenoxy) is 2. The molecule has 0 bridgehead atoms. The first-order chi connectivity index (χ1) is 14.2. The number of aryl methyl sites for hydroxylation is 1. The van der Waals surface area contributed by atoms with E-state index in [1.807, 2.05) is 66.7 Å². The van der Waals surface area contributed by atoms with Crippen LogP contribution in [0, 0.1) is 0 Å². The Morgan fingerprint density at radius 3 is 2.17 bits per heavy atom. The fourth-order valence-electron chi connectivity index (χ4n) is 3.17. The third-order valence-corrected chi connectivity index (χ3v) is 4.79. The van der Waals surface area contributed by atoms with E-state index < -0.39 is 11.9 Å². The molecule has 4 nitrogen and oxygen atoms in total. The van der Waals surface area contributed by atoms with Gasteiger partial charge in [0.25, 0.3) is 0 Å². The molecule has 0 amide bonds. The van der Waals surface area contributed by atoms with Crippen molar-refractivity contribution in [1.82, 2.24) is 0 Å². The smallest absolute Gasteiger partial charge is 0.311 e. The Morgan fingerprint density at radius 2 is 1.52 bits per heavy atom. The van der Waals surface area contributed by atoms with Crippen molar-refractivity contribution in [3.63, 3.8) is 0 Å². The number of hydrogen-bond acceptors (Lipinski definition) is 3. The van der Waals surface area contributed by atoms with Gasteiger partial charge in [-0.1, -0.05) is 61.5 Å². The molecule has 0 aliphatic rings. The lowest BCUT2D eigenvalue weighted by Gasteiger charge is -2.14. The second-order valence-electron chi connectivity index (χ2n) is 6.85. The summed E-state index contributed by atoms with van der Waals surface area (Å²) in [6.07, 6.45) is 1.42. The highest BCUT2D eigenvalue weighted by Crippen LogP contribution is 2.23. The Bertz CT molecular complexity index is 904. The average Bonchev–Trinajstić information content (AvgIpc) is 2.76. The van der Waals surface area contributed by atoms with E-state index in [9.17, 15) is 9.90 Å². The largest absolute Gasteiger partial charge is 0.490 e. The second-order valence-corrected chi connectivity index (χ2v) is 6.85. The van der Waals surface area contributed by atoms with E-state index in [2.05, 4.69) is 19.1 Å². The van der Waals surface area contributed by atoms with Crippen LogP contribution in [0.5, 0.6) is 11.5 Å². The standard InChI is InChI=1S/C25H26O4/c1-2-19-11-13-22(14-12-19)28-15-16-29-23-10-6-7-20(17-23)18-24(25(26)27)21-8-4-3-5-9-21/h3-14,17,24H,2,15-16,18H2,1H3,(H,26,27). The zero-order valence-corrected chi connectivity index (χ0v) is 16.6. The molecule has 3 aromatic carbocycles. The molecule has 0 fully saturated rings. The lowest BCUT2D eigenvalue weighted by molar-refractivity contribution is -0.138. The molecule has 0 aromatic heterocycles. The fourth-order valence-corrected chi connectivity index (χ4v) is 3.17. The predicted molar refractivity (Wildman–Crippen MR) is 114 cm³/mol. The van der Waals surface area contributed by atoms with Gasteiger partial charge in [-0.25, -0.2) is 0 Å². The van der Waals surface area contributed by atoms with Crippen LogP contribution in [-0.4, -0.2) is 24.3 Å². The summed E-state index contributed by atoms with van der Waals surface area (Å²) in [5.74, 6) is 0.127. The molecule has 0 saturated heterocycles. The van der Waals surface area contributed by atoms with Crippen molar-refractivity contribution in [1.29, 1.82) is 0 Å². The molecule has 1 atom stereocenters. The first kappa shape index (κ1) is 20.5. The summed E-state index contributed by atoms with van der Waals surface area (Å²) >= 11 is 0. The van der Waals surface area contributed by atoms with Crippen molar-refractivity contribution < 1.29 is 19.4 Å². The van der Waals surface area contributed by atoms with Crippen LogP contribution >= 0.6 is 0 Å². The van der Waals surface area contributed by atoms with Gasteiger partial charge in [0.1, 0.15) is 24.7 Å². The monoisotopic (exact) mass is 390 g/mol. The van der Waals surface area contributed by atoms with Crippen LogP contribution in [-0.2, 0) is 17.6 Å². The van der Waals surface area contributed by atoms with Crippen LogP contribution in [0.3, 0.4) is 0 Å². The Hall–Kier alpha value is -3.27. The zero-order chi connectivity index (χ0) is 20.5. The van der Waals surface area contributed by atoms with Gasteiger partial charge in [-0.3, -0.25) is 4.79 Å². The molecular weight excluding hydrogens is 364 g/mol. The third kappa shape index (κ3) is 6.11. The molecule has 1 unspecified atom stereocenters. The maximum Gasteiger partial charge on any atom is 0.311 e. The molecule has 3 aromatic rings. The number of aliphatic carboxylic acids is 1. The fraction of sp³-hybridized carbons (Fsp3) is 0.240. The second kappa shape index (κ2) is 10.3. The van der Waals surface area contributed by atoms with E-state index in [1.165, 1.54) is 5.56 Å². The van der Waals surface area contributed by atoms with Crippen molar-refractivity contribution >= 4 is 5.97 Å². The minimum absolute atomic E-state index is 0.414. The molecule has 4 heteroatoms. The van der Waals surface area contributed by atoms with Crippen LogP contribution in [0.1, 0.15) is 29.5 Å². The van der Waals surface area contributed by atoms with Crippen LogP contribution in [0.25, 0.3) is 0 Å². The lowest BCUT2D eigenvalue weighted by Crippen LogP contribution is -2.14. The van der Waals surface area contributed by atoms with Gasteiger partial charge in [0.05, 0.1) is 5.92 Å². The summed E-state index contributed by atoms with van der Waals surface area (Å²) in [7, 11) is 0. The molecule has 0 heterocycles. The highest BCUT2D eigenvalue weighted by atomic mass is 16.5. The number of benzene rings is 3. The van der Waals surface area contributed by atoms with Gasteiger partial charge in [0, 0.05) is 0 Å². The van der Waals surface area contributed by atoms with Crippen LogP contribution in [0.15, 0.2) is 78.9 Å². The Kier molecular flexibility index (Phi) is 7.28. The Labute approximate surface area is 171 Å². The SMILES string of the molecule is CCc1ccc(OCCOc2cccc(CC(C(=O)O)c3ccccc3)c2)cc1. The molecule has 29 heavy (non-hydrogen) atoms. The number of carboxylic acid groups (broad SMARTS) is 1. The van der Waals surface area contributed by atoms with Gasteiger partial charge in [-0.2, -0.15) is 0 Å². The third-order valence-electron chi connectivity index (χ3n) is 4.79. The Morgan fingerprint density at radius 1 is 0.828 bits per heavy atom. The van der Waals surface area contributed by atoms with Crippen molar-refractivity contribution in [2.75, 3.05) is 13.2 Å². The summed E-state index contributed by atoms with van der Waals surface area (Å²) in [5, 5.41) is 9.62. The number of carboxylic acids is 1. The van der Waals surface area contributed by atoms with E-state index in [4.69, 9.17) is 9.47 Å². The summed E-state index contributed by atoms with van der Waals surface area (Å²) in [5.41, 5.74) is 3.00. The normalized spacial score (nSPS) is 11.6. The van der Waals surface area contributed by atoms with E-state index >= 15 is 0 Å². The van der Waals surface area contributed by atoms with E-state index in [1.54, 1.807) is 0 Å². The van der Waals surface area contributed by atoms with Crippen molar-refractivity contribution in [2.45, 2.75) is 25.7 Å². The molecule has 0 radical (unpaired) electrons. The molecule has 0 saturated carbocycles. The van der Waals surface area contributed by atoms with Crippen molar-refractivity contribution in [3.8, 4) is 11.5 Å². The molecule has 1 N–H and O–H groups in total. The molecule has 0 aliphatic heterocycles. The quantitative estimate of drug-likeness (QED) is 0.488. The zero-order valence-electron chi connectivity index (χ0n) is 16.6. The summed E-state index contributed by atoms with van der Waals surface area (Å²) in [6.45, 7) is 2.98. The van der Waals surface area contributed by atoms with Gasteiger partial charge in [-0.05, 0) is 53.8 Å². The minimum atomic E-state index is -0.829. The van der Waals surface area contributed by atoms with Gasteiger partial charge in [0.2, 0.25) is 0 Å². The topological polar surface area (TPSA) is 55.8 Å². The highest BCUT2D eigenvalue weighted by molar-refractivity contribution is 5.76. The first-order valence-corrected chi connectivity index (χ1v) is 9.87. The number of carbonyl (C=O) groups is 1. The van der Waals surface area contributed by atoms with Gasteiger partial charge in [0.15, 0.2) is 0 Å². The van der Waals surface area contributed by atoms with Crippen LogP contribution < -0.4 is 9.47 Å². The van der Waals surface area contributed by atoms with Crippen molar-refractivity contribution in [3.05, 3.63) is 95.6 Å². The maximum absolute atomic E-state index is 11.7. The predicted octanol–water partition coefficient (Wildman–Crippen LogP) is 5.12. The first-order valence-electron chi connectivity index (χ1n) is 9.87. The molecular formula is C25H26O4. The summed E-state index contributed by atoms with van der Waals surface area (Å²) < 4.78 is 11.5. The number of rotatable bonds is 10. The molecule has 3 rings (SSSR count). The van der Waals surface area contributed by atoms with Crippen molar-refractivity contribution in [2.24, 2.45) is 0 Å². The molecule has 0 spiro atoms. The average molecular weight is 390 g/mol. The number of hydrogen-bond donors (Lipinski definition) is 1. The molecule has 0 aliphatic carbocycles. The van der Waals surface area contributed by atoms with Crippen LogP contribution in [0.2, 0.25) is 0 Å². The lowest BCUT2D eigenvalue weighted by atomic mass is 9.92. The van der Waals surface area contributed by atoms with E-state index in [-0.39, 0.29) is 0 Å². The minimum Gasteiger partial charge on any atom is -0.490 e. The molecule has 150 valence electrons. The van der Waals surface area contributed by atoms with Crippen LogP contribution in [0.4, 0.5) is 0 Å². The summed E-state index contributed by atoms with van der Waals surface area (Å²) in [4.78, 5) is 11.7. The maximum atomic E-state index is 11.7. The van der Waals surface area contributed by atoms with E-state index in [0.717, 1.165) is 23.3 Å². The van der Waals surface area contributed by atoms with E-state index in [0.29, 0.717) is 25.4 Å². The van der Waals surface area contributed by atoms with Gasteiger partial charge in [-0.15, -0.1) is 0 Å². The highest BCUT2D eigenvalue weighted by Gasteiger charge is 2.20. The Balaban J connectivity index is 1.54. The van der Waals surface area contributed by atoms with Gasteiger partial charge >= 0.3 is 5.97 Å². The van der Waals surface area contributed by atoms with Gasteiger partial charge < -0.3 is 14.6 Å². The summed E-state index contributed by atoms with van der Waals surface area (Å²) in [6, 6.07) is 25.0.